The van der Waals surface area contributed by atoms with Gasteiger partial charge in [0.05, 0.1) is 19.3 Å². The number of nitrogens with zero attached hydrogens (tertiary/aromatic N) is 2. The van der Waals surface area contributed by atoms with Crippen LogP contribution in [0.15, 0.2) is 41.6 Å². The van der Waals surface area contributed by atoms with Gasteiger partial charge in [0, 0.05) is 21.9 Å². The zero-order chi connectivity index (χ0) is 20.1. The summed E-state index contributed by atoms with van der Waals surface area (Å²) in [5.74, 6) is 2.57. The quantitative estimate of drug-likeness (QED) is 0.409. The van der Waals surface area contributed by atoms with Crippen LogP contribution in [0, 0.1) is 0 Å². The average molecular weight is 418 g/mol. The average Bonchev–Trinajstić information content (AvgIpc) is 3.16. The van der Waals surface area contributed by atoms with Crippen LogP contribution in [0.25, 0.3) is 11.4 Å². The van der Waals surface area contributed by atoms with Gasteiger partial charge in [0.15, 0.2) is 11.6 Å². The van der Waals surface area contributed by atoms with Crippen molar-refractivity contribution in [3.05, 3.63) is 52.5 Å². The van der Waals surface area contributed by atoms with Gasteiger partial charge in [-0.05, 0) is 50.2 Å². The van der Waals surface area contributed by atoms with E-state index in [2.05, 4.69) is 15.2 Å². The number of hydrogen-bond acceptors (Lipinski definition) is 6. The van der Waals surface area contributed by atoms with Crippen LogP contribution in [0.1, 0.15) is 29.8 Å². The van der Waals surface area contributed by atoms with E-state index < -0.39 is 0 Å². The first-order valence-corrected chi connectivity index (χ1v) is 10.0. The zero-order valence-electron chi connectivity index (χ0n) is 15.8. The highest BCUT2D eigenvalue weighted by molar-refractivity contribution is 7.98. The molecule has 3 rings (SSSR count). The molecule has 0 aliphatic carbocycles. The van der Waals surface area contributed by atoms with Crippen LogP contribution >= 0.6 is 23.4 Å². The second-order valence-corrected chi connectivity index (χ2v) is 7.29. The summed E-state index contributed by atoms with van der Waals surface area (Å²) in [7, 11) is 1.59. The Balaban J connectivity index is 1.81. The normalized spacial score (nSPS) is 10.7. The molecular formula is C20H20ClN3O3S. The summed E-state index contributed by atoms with van der Waals surface area (Å²) in [6.45, 7) is 4.03. The van der Waals surface area contributed by atoms with Crippen molar-refractivity contribution in [3.63, 3.8) is 0 Å². The van der Waals surface area contributed by atoms with Crippen molar-refractivity contribution in [2.45, 2.75) is 24.8 Å². The molecule has 146 valence electrons. The highest BCUT2D eigenvalue weighted by Gasteiger charge is 2.14. The molecule has 0 saturated carbocycles. The molecule has 0 spiro atoms. The Hall–Kier alpha value is -2.51. The monoisotopic (exact) mass is 417 g/mol. The number of rotatable bonds is 8. The van der Waals surface area contributed by atoms with Crippen molar-refractivity contribution in [2.75, 3.05) is 13.7 Å². The first kappa shape index (κ1) is 20.2. The van der Waals surface area contributed by atoms with E-state index in [1.807, 2.05) is 19.1 Å². The maximum absolute atomic E-state index is 11.7. The van der Waals surface area contributed by atoms with Gasteiger partial charge in [-0.15, -0.1) is 5.10 Å². The van der Waals surface area contributed by atoms with Gasteiger partial charge in [-0.3, -0.25) is 9.89 Å². The molecule has 2 aromatic carbocycles. The second kappa shape index (κ2) is 9.12. The first-order valence-electron chi connectivity index (χ1n) is 8.67. The molecule has 0 fully saturated rings. The number of carbonyl (C=O) groups excluding carboxylic acids is 1. The highest BCUT2D eigenvalue weighted by atomic mass is 35.5. The summed E-state index contributed by atoms with van der Waals surface area (Å²) in [6, 6.07) is 10.8. The van der Waals surface area contributed by atoms with Gasteiger partial charge in [-0.25, -0.2) is 4.98 Å². The second-order valence-electron chi connectivity index (χ2n) is 5.91. The molecule has 1 aromatic heterocycles. The highest BCUT2D eigenvalue weighted by Crippen LogP contribution is 2.32. The molecule has 1 N–H and O–H groups in total. The molecule has 0 atom stereocenters. The van der Waals surface area contributed by atoms with E-state index in [1.165, 1.54) is 11.8 Å². The fourth-order valence-electron chi connectivity index (χ4n) is 2.65. The number of H-pyrrole nitrogens is 1. The maximum atomic E-state index is 11.7. The predicted octanol–water partition coefficient (Wildman–Crippen LogP) is 5.03. The lowest BCUT2D eigenvalue weighted by Gasteiger charge is -2.10. The Kier molecular flexibility index (Phi) is 6.59. The van der Waals surface area contributed by atoms with Gasteiger partial charge in [-0.1, -0.05) is 23.4 Å². The van der Waals surface area contributed by atoms with Gasteiger partial charge >= 0.3 is 0 Å². The molecule has 0 aliphatic rings. The topological polar surface area (TPSA) is 77.1 Å². The standard InChI is InChI=1S/C20H20ClN3O3S/c1-4-27-17-7-5-13(12(2)25)9-14(17)11-28-20-22-19(23-24-20)16-10-15(21)6-8-18(16)26-3/h5-10H,4,11H2,1-3H3,(H,22,23,24). The molecule has 28 heavy (non-hydrogen) atoms. The number of carbonyl (C=O) groups is 1. The first-order chi connectivity index (χ1) is 13.5. The van der Waals surface area contributed by atoms with E-state index in [9.17, 15) is 4.79 Å². The summed E-state index contributed by atoms with van der Waals surface area (Å²) >= 11 is 7.54. The van der Waals surface area contributed by atoms with Crippen LogP contribution in [0.3, 0.4) is 0 Å². The van der Waals surface area contributed by atoms with Gasteiger partial charge in [0.1, 0.15) is 11.5 Å². The summed E-state index contributed by atoms with van der Waals surface area (Å²) in [5, 5.41) is 8.35. The third-order valence-corrected chi connectivity index (χ3v) is 5.14. The number of benzene rings is 2. The molecule has 0 saturated heterocycles. The number of methoxy groups -OCH3 is 1. The number of Topliss-reactive ketones (excluding diaryl/α,β-unsaturated/α-hetero) is 1. The van der Waals surface area contributed by atoms with E-state index in [0.717, 1.165) is 16.9 Å². The summed E-state index contributed by atoms with van der Waals surface area (Å²) in [4.78, 5) is 16.2. The third kappa shape index (κ3) is 4.66. The third-order valence-electron chi connectivity index (χ3n) is 4.01. The number of thioether (sulfide) groups is 1. The fraction of sp³-hybridized carbons (Fsp3) is 0.250. The number of ether oxygens (including phenoxy) is 2. The van der Waals surface area contributed by atoms with Crippen LogP contribution in [0.2, 0.25) is 5.02 Å². The SMILES string of the molecule is CCOc1ccc(C(C)=O)cc1CSc1n[nH]c(-c2cc(Cl)ccc2OC)n1. The van der Waals surface area contributed by atoms with Crippen molar-refractivity contribution in [1.82, 2.24) is 15.2 Å². The fourth-order valence-corrected chi connectivity index (χ4v) is 3.59. The lowest BCUT2D eigenvalue weighted by Crippen LogP contribution is -1.99. The Morgan fingerprint density at radius 1 is 1.21 bits per heavy atom. The Labute approximate surface area is 172 Å². The van der Waals surface area contributed by atoms with E-state index in [1.54, 1.807) is 38.3 Å². The number of nitrogens with one attached hydrogen (secondary N) is 1. The van der Waals surface area contributed by atoms with E-state index in [4.69, 9.17) is 21.1 Å². The van der Waals surface area contributed by atoms with E-state index >= 15 is 0 Å². The summed E-state index contributed by atoms with van der Waals surface area (Å²) < 4.78 is 11.0. The van der Waals surface area contributed by atoms with Crippen molar-refractivity contribution in [3.8, 4) is 22.9 Å². The number of aromatic amines is 1. The molecule has 6 nitrogen and oxygen atoms in total. The number of halogens is 1. The zero-order valence-corrected chi connectivity index (χ0v) is 17.4. The lowest BCUT2D eigenvalue weighted by atomic mass is 10.1. The molecular weight excluding hydrogens is 398 g/mol. The minimum Gasteiger partial charge on any atom is -0.496 e. The van der Waals surface area contributed by atoms with Crippen LogP contribution in [-0.4, -0.2) is 34.7 Å². The van der Waals surface area contributed by atoms with Crippen LogP contribution in [0.4, 0.5) is 0 Å². The summed E-state index contributed by atoms with van der Waals surface area (Å²) in [5.41, 5.74) is 2.31. The van der Waals surface area contributed by atoms with Gasteiger partial charge in [0.2, 0.25) is 5.16 Å². The Morgan fingerprint density at radius 2 is 2.00 bits per heavy atom. The minimum absolute atomic E-state index is 0.0162. The maximum Gasteiger partial charge on any atom is 0.209 e. The van der Waals surface area contributed by atoms with Gasteiger partial charge in [-0.2, -0.15) is 0 Å². The van der Waals surface area contributed by atoms with Gasteiger partial charge < -0.3 is 9.47 Å². The number of hydrogen-bond donors (Lipinski definition) is 1. The Bertz CT molecular complexity index is 991. The molecule has 0 bridgehead atoms. The van der Waals surface area contributed by atoms with Crippen molar-refractivity contribution < 1.29 is 14.3 Å². The van der Waals surface area contributed by atoms with E-state index in [0.29, 0.717) is 39.7 Å². The molecule has 0 unspecified atom stereocenters. The Morgan fingerprint density at radius 3 is 2.71 bits per heavy atom. The number of ketones is 1. The molecule has 0 aliphatic heterocycles. The molecule has 8 heteroatoms. The van der Waals surface area contributed by atoms with Crippen molar-refractivity contribution in [1.29, 1.82) is 0 Å². The largest absolute Gasteiger partial charge is 0.496 e. The predicted molar refractivity (Wildman–Crippen MR) is 111 cm³/mol. The molecule has 3 aromatic rings. The number of aromatic nitrogens is 3. The van der Waals surface area contributed by atoms with Crippen LogP contribution < -0.4 is 9.47 Å². The van der Waals surface area contributed by atoms with E-state index in [-0.39, 0.29) is 5.78 Å². The summed E-state index contributed by atoms with van der Waals surface area (Å²) in [6.07, 6.45) is 0. The van der Waals surface area contributed by atoms with Gasteiger partial charge in [0.25, 0.3) is 0 Å². The van der Waals surface area contributed by atoms with Crippen LogP contribution in [-0.2, 0) is 5.75 Å². The van der Waals surface area contributed by atoms with Crippen molar-refractivity contribution in [2.24, 2.45) is 0 Å². The van der Waals surface area contributed by atoms with Crippen LogP contribution in [0.5, 0.6) is 11.5 Å². The van der Waals surface area contributed by atoms with Crippen molar-refractivity contribution >= 4 is 29.1 Å². The lowest BCUT2D eigenvalue weighted by molar-refractivity contribution is 0.101. The minimum atomic E-state index is 0.0162. The smallest absolute Gasteiger partial charge is 0.209 e. The molecule has 0 radical (unpaired) electrons. The molecule has 0 amide bonds. The molecule has 1 heterocycles.